The van der Waals surface area contributed by atoms with E-state index in [0.29, 0.717) is 0 Å². The molecule has 0 spiro atoms. The Balaban J connectivity index is 0.00000126. The topological polar surface area (TPSA) is 9.23 Å². The predicted molar refractivity (Wildman–Crippen MR) is 122 cm³/mol. The molecule has 0 unspecified atom stereocenters. The number of hydrogen-bond donors (Lipinski definition) is 0. The largest absolute Gasteiger partial charge is 0.496 e. The van der Waals surface area contributed by atoms with Gasteiger partial charge >= 0.3 is 0 Å². The number of methoxy groups -OCH3 is 1. The second kappa shape index (κ2) is 10.5. The van der Waals surface area contributed by atoms with Crippen molar-refractivity contribution >= 4 is 35.6 Å². The average molecular weight is 377 g/mol. The van der Waals surface area contributed by atoms with Crippen molar-refractivity contribution in [2.24, 2.45) is 0 Å². The van der Waals surface area contributed by atoms with Crippen molar-refractivity contribution in [1.82, 2.24) is 0 Å². The zero-order valence-corrected chi connectivity index (χ0v) is 17.6. The minimum atomic E-state index is 0.942. The van der Waals surface area contributed by atoms with Crippen LogP contribution in [0.4, 0.5) is 0 Å². The van der Waals surface area contributed by atoms with Crippen molar-refractivity contribution in [3.05, 3.63) is 86.6 Å². The molecule has 1 nitrogen and oxygen atoms in total. The molecular formula is C25H28OS. The monoisotopic (exact) mass is 376 g/mol. The van der Waals surface area contributed by atoms with E-state index in [0.717, 1.165) is 11.3 Å². The molecule has 0 aliphatic heterocycles. The number of thiophene rings is 1. The summed E-state index contributed by atoms with van der Waals surface area (Å²) in [5.41, 5.74) is 4.82. The normalized spacial score (nSPS) is 10.9. The third-order valence-electron chi connectivity index (χ3n) is 4.19. The minimum Gasteiger partial charge on any atom is -0.496 e. The van der Waals surface area contributed by atoms with E-state index >= 15 is 0 Å². The second-order valence-corrected chi connectivity index (χ2v) is 7.13. The molecule has 0 N–H and O–H groups in total. The number of rotatable bonds is 5. The van der Waals surface area contributed by atoms with E-state index < -0.39 is 0 Å². The van der Waals surface area contributed by atoms with Gasteiger partial charge in [-0.3, -0.25) is 0 Å². The molecule has 0 radical (unpaired) electrons. The molecule has 0 saturated carbocycles. The Morgan fingerprint density at radius 3 is 1.93 bits per heavy atom. The fourth-order valence-electron chi connectivity index (χ4n) is 2.63. The Kier molecular flexibility index (Phi) is 8.09. The van der Waals surface area contributed by atoms with E-state index in [1.165, 1.54) is 26.4 Å². The lowest BCUT2D eigenvalue weighted by Crippen LogP contribution is -1.91. The first-order valence-corrected chi connectivity index (χ1v) is 10.1. The third kappa shape index (κ3) is 5.97. The summed E-state index contributed by atoms with van der Waals surface area (Å²) in [5.74, 6) is 0.942. The van der Waals surface area contributed by atoms with Crippen LogP contribution in [0.2, 0.25) is 0 Å². The molecule has 27 heavy (non-hydrogen) atoms. The van der Waals surface area contributed by atoms with Gasteiger partial charge in [-0.2, -0.15) is 0 Å². The molecule has 2 aromatic carbocycles. The first-order chi connectivity index (χ1) is 13.2. The summed E-state index contributed by atoms with van der Waals surface area (Å²) in [4.78, 5) is 2.49. The van der Waals surface area contributed by atoms with Crippen LogP contribution in [0.25, 0.3) is 24.3 Å². The van der Waals surface area contributed by atoms with Crippen LogP contribution in [0.15, 0.2) is 54.6 Å². The summed E-state index contributed by atoms with van der Waals surface area (Å²) in [6, 6.07) is 19.0. The number of ether oxygens (including phenoxy) is 1. The lowest BCUT2D eigenvalue weighted by Gasteiger charge is -2.08. The van der Waals surface area contributed by atoms with Gasteiger partial charge in [-0.1, -0.05) is 62.4 Å². The minimum absolute atomic E-state index is 0.942. The molecule has 1 heterocycles. The van der Waals surface area contributed by atoms with Gasteiger partial charge in [-0.05, 0) is 66.5 Å². The zero-order chi connectivity index (χ0) is 19.6. The molecule has 0 saturated heterocycles. The van der Waals surface area contributed by atoms with E-state index in [2.05, 4.69) is 86.7 Å². The standard InChI is InChI=1S/C23H22OS.C2H6/c1-17-15-20(16-23(24-3)18(17)2)10-12-22-14-13-21(25-22)11-9-19-7-5-4-6-8-19;1-2/h4-16H,1-3H3;1-2H3/b11-9?,12-10+;. The number of hydrogen-bond acceptors (Lipinski definition) is 2. The summed E-state index contributed by atoms with van der Waals surface area (Å²) >= 11 is 1.78. The van der Waals surface area contributed by atoms with Gasteiger partial charge in [0.1, 0.15) is 5.75 Å². The van der Waals surface area contributed by atoms with Gasteiger partial charge in [-0.25, -0.2) is 0 Å². The lowest BCUT2D eigenvalue weighted by atomic mass is 10.0. The molecule has 140 valence electrons. The highest BCUT2D eigenvalue weighted by Gasteiger charge is 2.03. The molecule has 1 aromatic heterocycles. The quantitative estimate of drug-likeness (QED) is 0.442. The first kappa shape index (κ1) is 20.7. The van der Waals surface area contributed by atoms with Gasteiger partial charge in [0.25, 0.3) is 0 Å². The highest BCUT2D eigenvalue weighted by Crippen LogP contribution is 2.26. The molecular weight excluding hydrogens is 348 g/mol. The van der Waals surface area contributed by atoms with Crippen molar-refractivity contribution in [2.75, 3.05) is 7.11 Å². The average Bonchev–Trinajstić information content (AvgIpc) is 3.17. The molecule has 0 amide bonds. The van der Waals surface area contributed by atoms with Crippen LogP contribution < -0.4 is 4.74 Å². The summed E-state index contributed by atoms with van der Waals surface area (Å²) in [7, 11) is 1.72. The van der Waals surface area contributed by atoms with Gasteiger partial charge in [0.05, 0.1) is 7.11 Å². The highest BCUT2D eigenvalue weighted by molar-refractivity contribution is 7.13. The van der Waals surface area contributed by atoms with Crippen molar-refractivity contribution in [3.8, 4) is 5.75 Å². The lowest BCUT2D eigenvalue weighted by molar-refractivity contribution is 0.411. The van der Waals surface area contributed by atoms with Crippen LogP contribution in [0.5, 0.6) is 5.75 Å². The van der Waals surface area contributed by atoms with Crippen LogP contribution in [0.1, 0.15) is 45.9 Å². The summed E-state index contributed by atoms with van der Waals surface area (Å²) < 4.78 is 5.46. The number of aryl methyl sites for hydroxylation is 1. The molecule has 0 atom stereocenters. The number of benzene rings is 2. The fourth-order valence-corrected chi connectivity index (χ4v) is 3.45. The van der Waals surface area contributed by atoms with E-state index in [1.54, 1.807) is 18.4 Å². The fraction of sp³-hybridized carbons (Fsp3) is 0.200. The maximum atomic E-state index is 5.46. The molecule has 0 bridgehead atoms. The van der Waals surface area contributed by atoms with Crippen molar-refractivity contribution < 1.29 is 4.74 Å². The zero-order valence-electron chi connectivity index (χ0n) is 16.8. The first-order valence-electron chi connectivity index (χ1n) is 9.32. The van der Waals surface area contributed by atoms with E-state index in [1.807, 2.05) is 19.9 Å². The Morgan fingerprint density at radius 2 is 1.33 bits per heavy atom. The summed E-state index contributed by atoms with van der Waals surface area (Å²) in [5, 5.41) is 0. The Bertz CT molecular complexity index is 901. The van der Waals surface area contributed by atoms with Crippen LogP contribution in [-0.4, -0.2) is 7.11 Å². The molecule has 0 fully saturated rings. The van der Waals surface area contributed by atoms with Crippen LogP contribution in [0.3, 0.4) is 0 Å². The second-order valence-electron chi connectivity index (χ2n) is 5.98. The van der Waals surface area contributed by atoms with E-state index in [-0.39, 0.29) is 0 Å². The highest BCUT2D eigenvalue weighted by atomic mass is 32.1. The Hall–Kier alpha value is -2.58. The van der Waals surface area contributed by atoms with Crippen molar-refractivity contribution in [3.63, 3.8) is 0 Å². The summed E-state index contributed by atoms with van der Waals surface area (Å²) in [6.07, 6.45) is 8.61. The smallest absolute Gasteiger partial charge is 0.122 e. The predicted octanol–water partition coefficient (Wildman–Crippen LogP) is 7.74. The maximum Gasteiger partial charge on any atom is 0.122 e. The molecule has 0 aliphatic rings. The van der Waals surface area contributed by atoms with Crippen molar-refractivity contribution in [1.29, 1.82) is 0 Å². The maximum absolute atomic E-state index is 5.46. The van der Waals surface area contributed by atoms with Gasteiger partial charge in [-0.15, -0.1) is 11.3 Å². The van der Waals surface area contributed by atoms with Crippen LogP contribution in [-0.2, 0) is 0 Å². The van der Waals surface area contributed by atoms with Gasteiger partial charge in [0.15, 0.2) is 0 Å². The van der Waals surface area contributed by atoms with Gasteiger partial charge < -0.3 is 4.74 Å². The van der Waals surface area contributed by atoms with Crippen molar-refractivity contribution in [2.45, 2.75) is 27.7 Å². The SMILES string of the molecule is CC.COc1cc(/C=C/c2ccc(C=Cc3ccccc3)s2)cc(C)c1C. The van der Waals surface area contributed by atoms with E-state index in [9.17, 15) is 0 Å². The Morgan fingerprint density at radius 1 is 0.741 bits per heavy atom. The van der Waals surface area contributed by atoms with E-state index in [4.69, 9.17) is 4.74 Å². The molecule has 0 aliphatic carbocycles. The van der Waals surface area contributed by atoms with Crippen LogP contribution >= 0.6 is 11.3 Å². The third-order valence-corrected chi connectivity index (χ3v) is 5.20. The molecule has 3 aromatic rings. The van der Waals surface area contributed by atoms with Crippen LogP contribution in [0, 0.1) is 13.8 Å². The van der Waals surface area contributed by atoms with Gasteiger partial charge in [0, 0.05) is 9.75 Å². The molecule has 2 heteroatoms. The summed E-state index contributed by atoms with van der Waals surface area (Å²) in [6.45, 7) is 8.21. The van der Waals surface area contributed by atoms with Gasteiger partial charge in [0.2, 0.25) is 0 Å². The Labute approximate surface area is 167 Å². The molecule has 3 rings (SSSR count).